The molecule has 0 amide bonds. The zero-order chi connectivity index (χ0) is 10.3. The molecule has 1 atom stereocenters. The minimum absolute atomic E-state index is 0.602. The zero-order valence-electron chi connectivity index (χ0n) is 9.56. The third-order valence-electron chi connectivity index (χ3n) is 2.01. The van der Waals surface area contributed by atoms with Crippen LogP contribution < -0.4 is 5.32 Å². The van der Waals surface area contributed by atoms with Crippen LogP contribution in [0.15, 0.2) is 12.2 Å². The quantitative estimate of drug-likeness (QED) is 0.608. The van der Waals surface area contributed by atoms with E-state index in [9.17, 15) is 0 Å². The van der Waals surface area contributed by atoms with Gasteiger partial charge in [-0.25, -0.2) is 0 Å². The lowest BCUT2D eigenvalue weighted by atomic mass is 10.1. The maximum absolute atomic E-state index is 3.95. The molecule has 0 saturated carbocycles. The van der Waals surface area contributed by atoms with Crippen molar-refractivity contribution >= 4 is 0 Å². The average molecular weight is 184 g/mol. The highest BCUT2D eigenvalue weighted by Crippen LogP contribution is 2.05. The van der Waals surface area contributed by atoms with Gasteiger partial charge in [-0.1, -0.05) is 12.5 Å². The molecule has 2 heteroatoms. The second-order valence-corrected chi connectivity index (χ2v) is 4.01. The molecule has 2 nitrogen and oxygen atoms in total. The summed E-state index contributed by atoms with van der Waals surface area (Å²) in [6, 6.07) is 0.602. The van der Waals surface area contributed by atoms with E-state index >= 15 is 0 Å². The summed E-state index contributed by atoms with van der Waals surface area (Å²) in [6.07, 6.45) is 2.30. The zero-order valence-corrected chi connectivity index (χ0v) is 9.56. The lowest BCUT2D eigenvalue weighted by molar-refractivity contribution is 0.358. The Labute approximate surface area is 83.0 Å². The van der Waals surface area contributed by atoms with Crippen LogP contribution in [-0.2, 0) is 0 Å². The van der Waals surface area contributed by atoms with Gasteiger partial charge in [0, 0.05) is 6.04 Å². The van der Waals surface area contributed by atoms with E-state index in [-0.39, 0.29) is 0 Å². The van der Waals surface area contributed by atoms with Crippen molar-refractivity contribution in [3.63, 3.8) is 0 Å². The third kappa shape index (κ3) is 8.00. The predicted molar refractivity (Wildman–Crippen MR) is 60.1 cm³/mol. The fraction of sp³-hybridized carbons (Fsp3) is 0.818. The first-order valence-electron chi connectivity index (χ1n) is 5.08. The third-order valence-corrected chi connectivity index (χ3v) is 2.01. The molecule has 0 aromatic heterocycles. The van der Waals surface area contributed by atoms with Gasteiger partial charge in [-0.2, -0.15) is 0 Å². The summed E-state index contributed by atoms with van der Waals surface area (Å²) in [5.41, 5.74) is 1.27. The lowest BCUT2D eigenvalue weighted by Crippen LogP contribution is -2.32. The van der Waals surface area contributed by atoms with Gasteiger partial charge in [-0.15, -0.1) is 6.58 Å². The van der Waals surface area contributed by atoms with Crippen LogP contribution in [0, 0.1) is 0 Å². The molecule has 78 valence electrons. The maximum Gasteiger partial charge on any atom is 0.0116 e. The topological polar surface area (TPSA) is 15.3 Å². The molecule has 0 aromatic rings. The Morgan fingerprint density at radius 2 is 2.08 bits per heavy atom. The fourth-order valence-corrected chi connectivity index (χ4v) is 1.40. The molecule has 0 aliphatic heterocycles. The Bertz CT molecular complexity index is 141. The Morgan fingerprint density at radius 3 is 2.46 bits per heavy atom. The number of rotatable bonds is 7. The largest absolute Gasteiger partial charge is 0.314 e. The molecular formula is C11H24N2. The minimum Gasteiger partial charge on any atom is -0.314 e. The van der Waals surface area contributed by atoms with Crippen LogP contribution in [0.3, 0.4) is 0 Å². The van der Waals surface area contributed by atoms with E-state index in [2.05, 4.69) is 44.7 Å². The van der Waals surface area contributed by atoms with Crippen LogP contribution in [0.4, 0.5) is 0 Å². The second kappa shape index (κ2) is 7.10. The molecule has 0 fully saturated rings. The van der Waals surface area contributed by atoms with Gasteiger partial charge in [0.25, 0.3) is 0 Å². The molecule has 13 heavy (non-hydrogen) atoms. The van der Waals surface area contributed by atoms with Gasteiger partial charge in [0.15, 0.2) is 0 Å². The number of hydrogen-bond acceptors (Lipinski definition) is 2. The summed E-state index contributed by atoms with van der Waals surface area (Å²) < 4.78 is 0. The highest BCUT2D eigenvalue weighted by atomic mass is 15.1. The highest BCUT2D eigenvalue weighted by Gasteiger charge is 2.06. The molecule has 0 saturated heterocycles. The van der Waals surface area contributed by atoms with E-state index in [0.717, 1.165) is 19.5 Å². The van der Waals surface area contributed by atoms with Crippen LogP contribution in [-0.4, -0.2) is 38.1 Å². The van der Waals surface area contributed by atoms with Crippen molar-refractivity contribution in [1.29, 1.82) is 0 Å². The van der Waals surface area contributed by atoms with E-state index < -0.39 is 0 Å². The first-order valence-corrected chi connectivity index (χ1v) is 5.08. The van der Waals surface area contributed by atoms with Crippen molar-refractivity contribution in [1.82, 2.24) is 10.2 Å². The van der Waals surface area contributed by atoms with Crippen molar-refractivity contribution in [3.8, 4) is 0 Å². The van der Waals surface area contributed by atoms with Gasteiger partial charge >= 0.3 is 0 Å². The SMILES string of the molecule is C=C(C)CC(CCN(C)C)NCC. The summed E-state index contributed by atoms with van der Waals surface area (Å²) in [6.45, 7) is 10.4. The summed E-state index contributed by atoms with van der Waals surface area (Å²) >= 11 is 0. The van der Waals surface area contributed by atoms with Crippen LogP contribution in [0.1, 0.15) is 26.7 Å². The Morgan fingerprint density at radius 1 is 1.46 bits per heavy atom. The molecule has 1 N–H and O–H groups in total. The smallest absolute Gasteiger partial charge is 0.0116 e. The van der Waals surface area contributed by atoms with Crippen molar-refractivity contribution in [2.75, 3.05) is 27.2 Å². The number of hydrogen-bond donors (Lipinski definition) is 1. The first kappa shape index (κ1) is 12.7. The fourth-order valence-electron chi connectivity index (χ4n) is 1.40. The van der Waals surface area contributed by atoms with E-state index in [4.69, 9.17) is 0 Å². The first-order chi connectivity index (χ1) is 6.06. The molecular weight excluding hydrogens is 160 g/mol. The molecule has 0 aromatic carbocycles. The van der Waals surface area contributed by atoms with Crippen LogP contribution >= 0.6 is 0 Å². The van der Waals surface area contributed by atoms with Gasteiger partial charge in [-0.3, -0.25) is 0 Å². The maximum atomic E-state index is 3.95. The normalized spacial score (nSPS) is 13.3. The summed E-state index contributed by atoms with van der Waals surface area (Å²) in [4.78, 5) is 2.22. The molecule has 0 radical (unpaired) electrons. The van der Waals surface area contributed by atoms with E-state index in [1.54, 1.807) is 0 Å². The summed E-state index contributed by atoms with van der Waals surface area (Å²) in [5, 5.41) is 3.48. The highest BCUT2D eigenvalue weighted by molar-refractivity contribution is 4.92. The number of nitrogens with zero attached hydrogens (tertiary/aromatic N) is 1. The van der Waals surface area contributed by atoms with Gasteiger partial charge < -0.3 is 10.2 Å². The molecule has 0 spiro atoms. The van der Waals surface area contributed by atoms with Gasteiger partial charge in [0.1, 0.15) is 0 Å². The van der Waals surface area contributed by atoms with Crippen molar-refractivity contribution < 1.29 is 0 Å². The summed E-state index contributed by atoms with van der Waals surface area (Å²) in [5.74, 6) is 0. The van der Waals surface area contributed by atoms with Gasteiger partial charge in [0.2, 0.25) is 0 Å². The van der Waals surface area contributed by atoms with Crippen LogP contribution in [0.25, 0.3) is 0 Å². The van der Waals surface area contributed by atoms with Crippen LogP contribution in [0.2, 0.25) is 0 Å². The average Bonchev–Trinajstić information content (AvgIpc) is 1.99. The standard InChI is InChI=1S/C11H24N2/c1-6-12-11(9-10(2)3)7-8-13(4)5/h11-12H,2,6-9H2,1,3-5H3. The van der Waals surface area contributed by atoms with E-state index in [0.29, 0.717) is 6.04 Å². The van der Waals surface area contributed by atoms with Gasteiger partial charge in [-0.05, 0) is 47.0 Å². The van der Waals surface area contributed by atoms with E-state index in [1.807, 2.05) is 0 Å². The van der Waals surface area contributed by atoms with E-state index in [1.165, 1.54) is 12.0 Å². The molecule has 1 unspecified atom stereocenters. The Kier molecular flexibility index (Phi) is 6.92. The van der Waals surface area contributed by atoms with Crippen molar-refractivity contribution in [2.24, 2.45) is 0 Å². The lowest BCUT2D eigenvalue weighted by Gasteiger charge is -2.20. The molecule has 0 rings (SSSR count). The van der Waals surface area contributed by atoms with Crippen LogP contribution in [0.5, 0.6) is 0 Å². The molecule has 0 aliphatic rings. The van der Waals surface area contributed by atoms with Gasteiger partial charge in [0.05, 0.1) is 0 Å². The molecule has 0 heterocycles. The Balaban J connectivity index is 3.72. The Hall–Kier alpha value is -0.340. The monoisotopic (exact) mass is 184 g/mol. The van der Waals surface area contributed by atoms with Crippen molar-refractivity contribution in [2.45, 2.75) is 32.7 Å². The molecule has 0 bridgehead atoms. The minimum atomic E-state index is 0.602. The molecule has 0 aliphatic carbocycles. The summed E-state index contributed by atoms with van der Waals surface area (Å²) in [7, 11) is 4.23. The predicted octanol–water partition coefficient (Wildman–Crippen LogP) is 1.88. The number of nitrogens with one attached hydrogen (secondary N) is 1. The van der Waals surface area contributed by atoms with Crippen molar-refractivity contribution in [3.05, 3.63) is 12.2 Å². The second-order valence-electron chi connectivity index (χ2n) is 4.01.